The van der Waals surface area contributed by atoms with Crippen LogP contribution in [-0.4, -0.2) is 0 Å². The molecule has 0 spiro atoms. The van der Waals surface area contributed by atoms with Crippen LogP contribution in [0.5, 0.6) is 0 Å². The van der Waals surface area contributed by atoms with Gasteiger partial charge in [-0.15, -0.1) is 6.58 Å². The highest BCUT2D eigenvalue weighted by Gasteiger charge is 2.15. The molecule has 0 aliphatic heterocycles. The molecule has 0 heterocycles. The molecule has 0 heteroatoms. The molecule has 0 aromatic carbocycles. The third-order valence-corrected chi connectivity index (χ3v) is 1.64. The second-order valence-electron chi connectivity index (χ2n) is 2.28. The van der Waals surface area contributed by atoms with Crippen LogP contribution in [0, 0.1) is 18.8 Å². The maximum Gasteiger partial charge on any atom is 0.140 e. The van der Waals surface area contributed by atoms with E-state index in [0.29, 0.717) is 0 Å². The molecular formula is C8H12+. The number of rotatable bonds is 1. The third-order valence-electron chi connectivity index (χ3n) is 1.64. The SMILES string of the molecule is C=CC1C[CH+][CH]CC1. The molecule has 0 bridgehead atoms. The molecule has 1 aliphatic carbocycles. The molecule has 0 aromatic heterocycles. The molecule has 1 radical (unpaired) electrons. The van der Waals surface area contributed by atoms with E-state index in [1.165, 1.54) is 19.3 Å². The van der Waals surface area contributed by atoms with Gasteiger partial charge in [0.1, 0.15) is 6.42 Å². The Kier molecular flexibility index (Phi) is 2.01. The Labute approximate surface area is 51.6 Å². The van der Waals surface area contributed by atoms with Crippen LogP contribution in [0.4, 0.5) is 0 Å². The lowest BCUT2D eigenvalue weighted by molar-refractivity contribution is 0.542. The van der Waals surface area contributed by atoms with E-state index in [-0.39, 0.29) is 0 Å². The standard InChI is InChI=1S/C8H12/c1-2-8-6-4-3-5-7-8/h2-4,8H,1,5-7H2/q+1. The maximum atomic E-state index is 3.75. The van der Waals surface area contributed by atoms with Crippen LogP contribution >= 0.6 is 0 Å². The van der Waals surface area contributed by atoms with Crippen LogP contribution in [0.15, 0.2) is 12.7 Å². The zero-order chi connectivity index (χ0) is 5.82. The van der Waals surface area contributed by atoms with Crippen molar-refractivity contribution in [2.24, 2.45) is 5.92 Å². The number of hydrogen-bond donors (Lipinski definition) is 0. The van der Waals surface area contributed by atoms with Gasteiger partial charge in [-0.25, -0.2) is 0 Å². The Morgan fingerprint density at radius 3 is 3.00 bits per heavy atom. The fourth-order valence-corrected chi connectivity index (χ4v) is 1.03. The van der Waals surface area contributed by atoms with E-state index in [1.807, 2.05) is 0 Å². The van der Waals surface area contributed by atoms with Gasteiger partial charge in [-0.2, -0.15) is 0 Å². The second kappa shape index (κ2) is 2.81. The van der Waals surface area contributed by atoms with Gasteiger partial charge in [0.25, 0.3) is 0 Å². The Bertz CT molecular complexity index is 68.1. The average molecular weight is 108 g/mol. The number of hydrogen-bond acceptors (Lipinski definition) is 0. The van der Waals surface area contributed by atoms with Crippen molar-refractivity contribution >= 4 is 0 Å². The first-order chi connectivity index (χ1) is 3.93. The summed E-state index contributed by atoms with van der Waals surface area (Å²) >= 11 is 0. The van der Waals surface area contributed by atoms with Crippen LogP contribution in [0.3, 0.4) is 0 Å². The molecule has 0 nitrogen and oxygen atoms in total. The fourth-order valence-electron chi connectivity index (χ4n) is 1.03. The molecule has 0 saturated heterocycles. The van der Waals surface area contributed by atoms with E-state index >= 15 is 0 Å². The smallest absolute Gasteiger partial charge is 0.103 e. The lowest BCUT2D eigenvalue weighted by Gasteiger charge is -2.09. The molecule has 1 aliphatic rings. The predicted molar refractivity (Wildman–Crippen MR) is 36.1 cm³/mol. The van der Waals surface area contributed by atoms with E-state index in [1.54, 1.807) is 0 Å². The monoisotopic (exact) mass is 108 g/mol. The quantitative estimate of drug-likeness (QED) is 0.357. The fraction of sp³-hybridized carbons (Fsp3) is 0.500. The predicted octanol–water partition coefficient (Wildman–Crippen LogP) is 2.38. The third kappa shape index (κ3) is 1.29. The van der Waals surface area contributed by atoms with Crippen molar-refractivity contribution in [2.45, 2.75) is 19.3 Å². The minimum absolute atomic E-state index is 0.764. The molecule has 1 saturated carbocycles. The molecule has 1 atom stereocenters. The Morgan fingerprint density at radius 1 is 1.75 bits per heavy atom. The van der Waals surface area contributed by atoms with Crippen molar-refractivity contribution in [3.8, 4) is 0 Å². The van der Waals surface area contributed by atoms with E-state index in [4.69, 9.17) is 0 Å². The summed E-state index contributed by atoms with van der Waals surface area (Å²) in [7, 11) is 0. The van der Waals surface area contributed by atoms with Crippen LogP contribution in [0.1, 0.15) is 19.3 Å². The van der Waals surface area contributed by atoms with Crippen molar-refractivity contribution in [3.63, 3.8) is 0 Å². The van der Waals surface area contributed by atoms with Gasteiger partial charge in [0, 0.05) is 5.92 Å². The molecule has 0 aromatic rings. The summed E-state index contributed by atoms with van der Waals surface area (Å²) in [5.74, 6) is 0.764. The first-order valence-electron chi connectivity index (χ1n) is 3.21. The molecule has 1 rings (SSSR count). The van der Waals surface area contributed by atoms with Crippen LogP contribution in [-0.2, 0) is 0 Å². The van der Waals surface area contributed by atoms with Gasteiger partial charge < -0.3 is 0 Å². The van der Waals surface area contributed by atoms with Crippen molar-refractivity contribution in [1.29, 1.82) is 0 Å². The normalized spacial score (nSPS) is 28.8. The Morgan fingerprint density at radius 2 is 2.62 bits per heavy atom. The van der Waals surface area contributed by atoms with E-state index in [2.05, 4.69) is 25.5 Å². The lowest BCUT2D eigenvalue weighted by atomic mass is 9.90. The summed E-state index contributed by atoms with van der Waals surface area (Å²) in [4.78, 5) is 0. The molecule has 8 heavy (non-hydrogen) atoms. The summed E-state index contributed by atoms with van der Waals surface area (Å²) in [5.41, 5.74) is 0. The topological polar surface area (TPSA) is 0 Å². The Hall–Kier alpha value is -0.390. The summed E-state index contributed by atoms with van der Waals surface area (Å²) in [6, 6.07) is 0. The van der Waals surface area contributed by atoms with Crippen LogP contribution in [0.2, 0.25) is 0 Å². The van der Waals surface area contributed by atoms with Gasteiger partial charge in [0.05, 0.1) is 12.8 Å². The van der Waals surface area contributed by atoms with Gasteiger partial charge in [0.2, 0.25) is 0 Å². The molecule has 1 fully saturated rings. The highest BCUT2D eigenvalue weighted by molar-refractivity contribution is 4.96. The largest absolute Gasteiger partial charge is 0.140 e. The minimum atomic E-state index is 0.764. The lowest BCUT2D eigenvalue weighted by Crippen LogP contribution is -2.02. The van der Waals surface area contributed by atoms with Crippen molar-refractivity contribution in [1.82, 2.24) is 0 Å². The van der Waals surface area contributed by atoms with Gasteiger partial charge in [-0.3, -0.25) is 0 Å². The zero-order valence-electron chi connectivity index (χ0n) is 5.14. The summed E-state index contributed by atoms with van der Waals surface area (Å²) < 4.78 is 0. The average Bonchev–Trinajstić information content (AvgIpc) is 1.90. The van der Waals surface area contributed by atoms with Gasteiger partial charge in [-0.1, -0.05) is 6.08 Å². The van der Waals surface area contributed by atoms with E-state index in [9.17, 15) is 0 Å². The molecule has 1 unspecified atom stereocenters. The second-order valence-corrected chi connectivity index (χ2v) is 2.28. The van der Waals surface area contributed by atoms with Crippen molar-refractivity contribution in [2.75, 3.05) is 0 Å². The summed E-state index contributed by atoms with van der Waals surface area (Å²) in [6.07, 6.45) is 10.3. The molecule has 0 N–H and O–H groups in total. The van der Waals surface area contributed by atoms with E-state index in [0.717, 1.165) is 5.92 Å². The van der Waals surface area contributed by atoms with Crippen LogP contribution in [0.25, 0.3) is 0 Å². The van der Waals surface area contributed by atoms with Gasteiger partial charge in [0.15, 0.2) is 0 Å². The van der Waals surface area contributed by atoms with Crippen molar-refractivity contribution < 1.29 is 0 Å². The highest BCUT2D eigenvalue weighted by Crippen LogP contribution is 2.22. The van der Waals surface area contributed by atoms with Gasteiger partial charge in [-0.05, 0) is 12.8 Å². The van der Waals surface area contributed by atoms with Crippen molar-refractivity contribution in [3.05, 3.63) is 25.5 Å². The first-order valence-corrected chi connectivity index (χ1v) is 3.21. The summed E-state index contributed by atoms with van der Waals surface area (Å²) in [5, 5.41) is 0. The first kappa shape index (κ1) is 5.74. The number of allylic oxidation sites excluding steroid dienone is 1. The van der Waals surface area contributed by atoms with Crippen LogP contribution < -0.4 is 0 Å². The molecule has 0 amide bonds. The summed E-state index contributed by atoms with van der Waals surface area (Å²) in [6.45, 7) is 3.75. The zero-order valence-corrected chi connectivity index (χ0v) is 5.14. The van der Waals surface area contributed by atoms with E-state index < -0.39 is 0 Å². The minimum Gasteiger partial charge on any atom is -0.103 e. The van der Waals surface area contributed by atoms with Gasteiger partial charge >= 0.3 is 0 Å². The Balaban J connectivity index is 2.22. The highest BCUT2D eigenvalue weighted by atomic mass is 14.1. The molecule has 43 valence electrons. The maximum absolute atomic E-state index is 3.75. The molecular weight excluding hydrogens is 96.1 g/mol.